The highest BCUT2D eigenvalue weighted by molar-refractivity contribution is 9.10. The Kier molecular flexibility index (Phi) is 5.33. The van der Waals surface area contributed by atoms with Gasteiger partial charge >= 0.3 is 0 Å². The van der Waals surface area contributed by atoms with Crippen molar-refractivity contribution in [3.63, 3.8) is 0 Å². The number of carbonyl (C=O) groups is 1. The molecule has 0 aliphatic rings. The zero-order chi connectivity index (χ0) is 17.8. The Morgan fingerprint density at radius 2 is 2.08 bits per heavy atom. The van der Waals surface area contributed by atoms with Crippen molar-refractivity contribution in [3.05, 3.63) is 47.1 Å². The lowest BCUT2D eigenvalue weighted by atomic mass is 10.2. The van der Waals surface area contributed by atoms with Crippen LogP contribution in [0.3, 0.4) is 0 Å². The first kappa shape index (κ1) is 17.4. The molecule has 0 radical (unpaired) electrons. The van der Waals surface area contributed by atoms with Gasteiger partial charge in [-0.3, -0.25) is 4.79 Å². The summed E-state index contributed by atoms with van der Waals surface area (Å²) in [6.45, 7) is 4.23. The molecule has 1 N–H and O–H groups in total. The number of aromatic nitrogens is 3. The highest BCUT2D eigenvalue weighted by Gasteiger charge is 2.16. The second kappa shape index (κ2) is 7.65. The molecule has 2 aromatic heterocycles. The van der Waals surface area contributed by atoms with Crippen molar-refractivity contribution >= 4 is 21.8 Å². The molecule has 3 aromatic rings. The minimum atomic E-state index is -0.0422. The van der Waals surface area contributed by atoms with E-state index >= 15 is 0 Å². The Labute approximate surface area is 154 Å². The molecule has 2 heterocycles. The zero-order valence-electron chi connectivity index (χ0n) is 14.1. The molecule has 1 atom stereocenters. The van der Waals surface area contributed by atoms with Crippen molar-refractivity contribution in [2.45, 2.75) is 32.9 Å². The predicted molar refractivity (Wildman–Crippen MR) is 98.8 cm³/mol. The third-order valence-electron chi connectivity index (χ3n) is 3.91. The number of halogens is 1. The molecule has 3 rings (SSSR count). The Balaban J connectivity index is 1.78. The minimum absolute atomic E-state index is 0.0422. The van der Waals surface area contributed by atoms with Crippen LogP contribution in [0.4, 0.5) is 0 Å². The number of nitrogens with one attached hydrogen (secondary N) is 1. The fraction of sp³-hybridized carbons (Fsp3) is 0.278. The summed E-state index contributed by atoms with van der Waals surface area (Å²) in [7, 11) is 0. The number of nitrogens with zero attached hydrogens (tertiary/aromatic N) is 3. The number of hydrogen-bond donors (Lipinski definition) is 1. The third kappa shape index (κ3) is 4.17. The second-order valence-electron chi connectivity index (χ2n) is 5.83. The van der Waals surface area contributed by atoms with E-state index in [4.69, 9.17) is 4.52 Å². The van der Waals surface area contributed by atoms with E-state index in [0.717, 1.165) is 22.2 Å². The third-order valence-corrected chi connectivity index (χ3v) is 4.44. The van der Waals surface area contributed by atoms with Gasteiger partial charge in [-0.05, 0) is 49.7 Å². The van der Waals surface area contributed by atoms with Crippen molar-refractivity contribution < 1.29 is 9.32 Å². The van der Waals surface area contributed by atoms with E-state index < -0.39 is 0 Å². The fourth-order valence-electron chi connectivity index (χ4n) is 2.37. The molecule has 0 fully saturated rings. The predicted octanol–water partition coefficient (Wildman–Crippen LogP) is 3.88. The number of hydrogen-bond acceptors (Lipinski definition) is 4. The van der Waals surface area contributed by atoms with Crippen molar-refractivity contribution in [1.82, 2.24) is 20.0 Å². The van der Waals surface area contributed by atoms with Gasteiger partial charge in [0.25, 0.3) is 5.89 Å². The van der Waals surface area contributed by atoms with Crippen molar-refractivity contribution in [1.29, 1.82) is 0 Å². The van der Waals surface area contributed by atoms with Gasteiger partial charge in [0.1, 0.15) is 12.2 Å². The monoisotopic (exact) mass is 402 g/mol. The van der Waals surface area contributed by atoms with Crippen LogP contribution in [0.2, 0.25) is 0 Å². The van der Waals surface area contributed by atoms with E-state index in [9.17, 15) is 4.79 Å². The highest BCUT2D eigenvalue weighted by atomic mass is 79.9. The number of carbonyl (C=O) groups excluding carboxylic acids is 1. The average molecular weight is 403 g/mol. The molecule has 0 bridgehead atoms. The van der Waals surface area contributed by atoms with Crippen molar-refractivity contribution in [2.24, 2.45) is 0 Å². The van der Waals surface area contributed by atoms with Crippen LogP contribution in [-0.2, 0) is 11.3 Å². The van der Waals surface area contributed by atoms with Crippen LogP contribution in [0.5, 0.6) is 0 Å². The molecule has 0 aliphatic carbocycles. The van der Waals surface area contributed by atoms with Crippen LogP contribution in [0.15, 0.2) is 51.6 Å². The van der Waals surface area contributed by atoms with Gasteiger partial charge in [0.2, 0.25) is 11.7 Å². The molecule has 0 saturated carbocycles. The molecule has 1 amide bonds. The zero-order valence-corrected chi connectivity index (χ0v) is 15.7. The lowest BCUT2D eigenvalue weighted by Gasteiger charge is -2.12. The Hall–Kier alpha value is -2.41. The molecule has 25 heavy (non-hydrogen) atoms. The molecule has 0 spiro atoms. The summed E-state index contributed by atoms with van der Waals surface area (Å²) in [5.74, 6) is 0.859. The van der Waals surface area contributed by atoms with Gasteiger partial charge in [0, 0.05) is 22.3 Å². The molecule has 0 saturated heterocycles. The second-order valence-corrected chi connectivity index (χ2v) is 6.74. The summed E-state index contributed by atoms with van der Waals surface area (Å²) in [4.78, 5) is 16.6. The lowest BCUT2D eigenvalue weighted by Crippen LogP contribution is -2.34. The first-order valence-electron chi connectivity index (χ1n) is 8.11. The summed E-state index contributed by atoms with van der Waals surface area (Å²) in [6.07, 6.45) is 2.72. The summed E-state index contributed by atoms with van der Waals surface area (Å²) >= 11 is 3.40. The number of benzene rings is 1. The highest BCUT2D eigenvalue weighted by Crippen LogP contribution is 2.24. The fourth-order valence-corrected chi connectivity index (χ4v) is 2.63. The van der Waals surface area contributed by atoms with E-state index in [-0.39, 0.29) is 18.5 Å². The number of amides is 1. The van der Waals surface area contributed by atoms with Gasteiger partial charge < -0.3 is 14.4 Å². The quantitative estimate of drug-likeness (QED) is 0.678. The maximum atomic E-state index is 12.1. The SMILES string of the molecule is CCC(C)NC(=O)Cn1cccc1-c1nc(-c2ccc(Br)cc2)no1. The van der Waals surface area contributed by atoms with Gasteiger partial charge in [0.05, 0.1) is 0 Å². The Morgan fingerprint density at radius 3 is 2.80 bits per heavy atom. The van der Waals surface area contributed by atoms with Crippen LogP contribution in [-0.4, -0.2) is 26.7 Å². The maximum absolute atomic E-state index is 12.1. The van der Waals surface area contributed by atoms with Gasteiger partial charge in [-0.1, -0.05) is 28.0 Å². The van der Waals surface area contributed by atoms with E-state index in [1.807, 2.05) is 56.4 Å². The molecular formula is C18H19BrN4O2. The average Bonchev–Trinajstić information content (AvgIpc) is 3.24. The van der Waals surface area contributed by atoms with Gasteiger partial charge in [0.15, 0.2) is 0 Å². The molecule has 1 aromatic carbocycles. The number of rotatable bonds is 6. The molecular weight excluding hydrogens is 384 g/mol. The first-order valence-corrected chi connectivity index (χ1v) is 8.90. The molecule has 6 nitrogen and oxygen atoms in total. The Morgan fingerprint density at radius 1 is 1.32 bits per heavy atom. The van der Waals surface area contributed by atoms with Crippen molar-refractivity contribution in [3.8, 4) is 23.0 Å². The smallest absolute Gasteiger partial charge is 0.274 e. The standard InChI is InChI=1S/C18H19BrN4O2/c1-3-12(2)20-16(24)11-23-10-4-5-15(23)18-21-17(22-25-18)13-6-8-14(19)9-7-13/h4-10,12H,3,11H2,1-2H3,(H,20,24). The molecule has 0 aliphatic heterocycles. The maximum Gasteiger partial charge on any atom is 0.274 e. The largest absolute Gasteiger partial charge is 0.352 e. The van der Waals surface area contributed by atoms with Crippen molar-refractivity contribution in [2.75, 3.05) is 0 Å². The van der Waals surface area contributed by atoms with Gasteiger partial charge in [-0.25, -0.2) is 0 Å². The molecule has 7 heteroatoms. The van der Waals surface area contributed by atoms with E-state index in [1.54, 1.807) is 4.57 Å². The van der Waals surface area contributed by atoms with Crippen LogP contribution in [0.1, 0.15) is 20.3 Å². The lowest BCUT2D eigenvalue weighted by molar-refractivity contribution is -0.122. The van der Waals surface area contributed by atoms with E-state index in [1.165, 1.54) is 0 Å². The molecule has 130 valence electrons. The normalized spacial score (nSPS) is 12.1. The molecule has 1 unspecified atom stereocenters. The Bertz CT molecular complexity index is 854. The summed E-state index contributed by atoms with van der Waals surface area (Å²) in [5.41, 5.74) is 1.58. The minimum Gasteiger partial charge on any atom is -0.352 e. The van der Waals surface area contributed by atoms with E-state index in [2.05, 4.69) is 31.4 Å². The van der Waals surface area contributed by atoms with Crippen LogP contribution >= 0.6 is 15.9 Å². The summed E-state index contributed by atoms with van der Waals surface area (Å²) in [6, 6.07) is 11.5. The van der Waals surface area contributed by atoms with Gasteiger partial charge in [-0.2, -0.15) is 4.98 Å². The van der Waals surface area contributed by atoms with Crippen LogP contribution in [0.25, 0.3) is 23.0 Å². The first-order chi connectivity index (χ1) is 12.1. The van der Waals surface area contributed by atoms with Crippen LogP contribution in [0, 0.1) is 0 Å². The topological polar surface area (TPSA) is 73.0 Å². The van der Waals surface area contributed by atoms with E-state index in [0.29, 0.717) is 11.7 Å². The van der Waals surface area contributed by atoms with Crippen LogP contribution < -0.4 is 5.32 Å². The summed E-state index contributed by atoms with van der Waals surface area (Å²) in [5, 5.41) is 6.99. The van der Waals surface area contributed by atoms with Gasteiger partial charge in [-0.15, -0.1) is 0 Å². The summed E-state index contributed by atoms with van der Waals surface area (Å²) < 4.78 is 8.18.